The van der Waals surface area contributed by atoms with E-state index in [0.29, 0.717) is 5.56 Å². The van der Waals surface area contributed by atoms with Gasteiger partial charge in [-0.2, -0.15) is 0 Å². The molecule has 5 rings (SSSR count). The Morgan fingerprint density at radius 1 is 0.903 bits per heavy atom. The second-order valence-electron chi connectivity index (χ2n) is 7.96. The molecule has 1 amide bonds. The number of carbonyl (C=O) groups excluding carboxylic acids is 1. The molecule has 3 heterocycles. The van der Waals surface area contributed by atoms with E-state index in [1.54, 1.807) is 6.20 Å². The predicted molar refractivity (Wildman–Crippen MR) is 124 cm³/mol. The molecular formula is C25H25N5O. The van der Waals surface area contributed by atoms with Gasteiger partial charge in [-0.1, -0.05) is 43.2 Å². The minimum Gasteiger partial charge on any atom is -0.360 e. The van der Waals surface area contributed by atoms with Crippen molar-refractivity contribution in [3.8, 4) is 11.3 Å². The van der Waals surface area contributed by atoms with Crippen LogP contribution in [0.2, 0.25) is 0 Å². The van der Waals surface area contributed by atoms with Gasteiger partial charge in [0.05, 0.1) is 11.3 Å². The molecule has 0 atom stereocenters. The number of amides is 1. The summed E-state index contributed by atoms with van der Waals surface area (Å²) in [5.41, 5.74) is 4.02. The maximum Gasteiger partial charge on any atom is 0.257 e. The van der Waals surface area contributed by atoms with E-state index >= 15 is 0 Å². The molecule has 0 saturated carbocycles. The number of nitrogens with one attached hydrogen (secondary N) is 2. The molecule has 2 N–H and O–H groups in total. The molecule has 6 heteroatoms. The molecular weight excluding hydrogens is 386 g/mol. The van der Waals surface area contributed by atoms with Crippen LogP contribution in [0.5, 0.6) is 0 Å². The van der Waals surface area contributed by atoms with Gasteiger partial charge in [-0.15, -0.1) is 10.2 Å². The van der Waals surface area contributed by atoms with Crippen LogP contribution in [0.4, 0.5) is 11.5 Å². The molecule has 2 aromatic heterocycles. The summed E-state index contributed by atoms with van der Waals surface area (Å²) in [6.07, 6.45) is 6.75. The number of benzene rings is 2. The number of H-pyrrole nitrogens is 1. The first-order chi connectivity index (χ1) is 15.3. The van der Waals surface area contributed by atoms with E-state index in [1.165, 1.54) is 25.7 Å². The van der Waals surface area contributed by atoms with Crippen LogP contribution in [0, 0.1) is 0 Å². The summed E-state index contributed by atoms with van der Waals surface area (Å²) in [5, 5.41) is 12.8. The monoisotopic (exact) mass is 411 g/mol. The number of rotatable bonds is 4. The van der Waals surface area contributed by atoms with Crippen LogP contribution in [-0.2, 0) is 0 Å². The Morgan fingerprint density at radius 3 is 2.55 bits per heavy atom. The topological polar surface area (TPSA) is 73.9 Å². The summed E-state index contributed by atoms with van der Waals surface area (Å²) in [6.45, 7) is 2.09. The van der Waals surface area contributed by atoms with Gasteiger partial charge in [-0.3, -0.25) is 4.79 Å². The molecule has 0 aliphatic carbocycles. The number of hydrogen-bond donors (Lipinski definition) is 2. The lowest BCUT2D eigenvalue weighted by Gasteiger charge is -2.20. The average molecular weight is 412 g/mol. The zero-order chi connectivity index (χ0) is 21.0. The highest BCUT2D eigenvalue weighted by Crippen LogP contribution is 2.24. The highest BCUT2D eigenvalue weighted by atomic mass is 16.1. The van der Waals surface area contributed by atoms with Gasteiger partial charge in [-0.25, -0.2) is 0 Å². The summed E-state index contributed by atoms with van der Waals surface area (Å²) in [5.74, 6) is 0.798. The van der Waals surface area contributed by atoms with E-state index in [0.717, 1.165) is 46.8 Å². The zero-order valence-electron chi connectivity index (χ0n) is 17.3. The number of carbonyl (C=O) groups is 1. The minimum absolute atomic E-state index is 0.141. The standard InChI is InChI=1S/C25H25N5O/c31-25(21-17-26-23-11-4-3-10-20(21)23)27-19-9-7-8-18(16-19)22-12-13-24(29-28-22)30-14-5-1-2-6-15-30/h3-4,7-13,16-17,26H,1-2,5-6,14-15H2,(H,27,31). The number of anilines is 2. The van der Waals surface area contributed by atoms with Gasteiger partial charge in [0.1, 0.15) is 0 Å². The Morgan fingerprint density at radius 2 is 1.74 bits per heavy atom. The zero-order valence-corrected chi connectivity index (χ0v) is 17.3. The third-order valence-electron chi connectivity index (χ3n) is 5.83. The maximum atomic E-state index is 12.8. The molecule has 0 spiro atoms. The Balaban J connectivity index is 1.33. The van der Waals surface area contributed by atoms with E-state index < -0.39 is 0 Å². The van der Waals surface area contributed by atoms with Crippen molar-refractivity contribution in [2.45, 2.75) is 25.7 Å². The van der Waals surface area contributed by atoms with Crippen molar-refractivity contribution in [1.29, 1.82) is 0 Å². The first kappa shape index (κ1) is 19.3. The van der Waals surface area contributed by atoms with Crippen LogP contribution in [0.3, 0.4) is 0 Å². The Labute approximate surface area is 181 Å². The number of fused-ring (bicyclic) bond motifs is 1. The molecule has 31 heavy (non-hydrogen) atoms. The normalized spacial score (nSPS) is 14.4. The third-order valence-corrected chi connectivity index (χ3v) is 5.83. The number of para-hydroxylation sites is 1. The lowest BCUT2D eigenvalue weighted by Crippen LogP contribution is -2.25. The molecule has 4 aromatic rings. The van der Waals surface area contributed by atoms with Gasteiger partial charge < -0.3 is 15.2 Å². The molecule has 1 fully saturated rings. The van der Waals surface area contributed by atoms with Crippen LogP contribution in [-0.4, -0.2) is 34.2 Å². The first-order valence-corrected chi connectivity index (χ1v) is 10.8. The Bertz CT molecular complexity index is 1190. The molecule has 0 bridgehead atoms. The van der Waals surface area contributed by atoms with Crippen molar-refractivity contribution in [3.63, 3.8) is 0 Å². The average Bonchev–Trinajstić information content (AvgIpc) is 3.06. The Hall–Kier alpha value is -3.67. The molecule has 2 aromatic carbocycles. The second-order valence-corrected chi connectivity index (χ2v) is 7.96. The third kappa shape index (κ3) is 4.14. The number of nitrogens with zero attached hydrogens (tertiary/aromatic N) is 3. The van der Waals surface area contributed by atoms with Gasteiger partial charge in [0.25, 0.3) is 5.91 Å². The van der Waals surface area contributed by atoms with E-state index in [4.69, 9.17) is 0 Å². The van der Waals surface area contributed by atoms with Crippen molar-refractivity contribution in [2.24, 2.45) is 0 Å². The van der Waals surface area contributed by atoms with Gasteiger partial charge in [-0.05, 0) is 43.2 Å². The van der Waals surface area contributed by atoms with Gasteiger partial charge in [0.2, 0.25) is 0 Å². The van der Waals surface area contributed by atoms with E-state index in [1.807, 2.05) is 60.7 Å². The van der Waals surface area contributed by atoms with E-state index in [-0.39, 0.29) is 5.91 Å². The van der Waals surface area contributed by atoms with Gasteiger partial charge in [0.15, 0.2) is 5.82 Å². The summed E-state index contributed by atoms with van der Waals surface area (Å²) >= 11 is 0. The van der Waals surface area contributed by atoms with E-state index in [2.05, 4.69) is 25.4 Å². The fraction of sp³-hybridized carbons (Fsp3) is 0.240. The van der Waals surface area contributed by atoms with Crippen molar-refractivity contribution < 1.29 is 4.79 Å². The van der Waals surface area contributed by atoms with Crippen molar-refractivity contribution in [1.82, 2.24) is 15.2 Å². The smallest absolute Gasteiger partial charge is 0.257 e. The minimum atomic E-state index is -0.141. The fourth-order valence-electron chi connectivity index (χ4n) is 4.16. The van der Waals surface area contributed by atoms with Crippen LogP contribution >= 0.6 is 0 Å². The Kier molecular flexibility index (Phi) is 5.35. The summed E-state index contributed by atoms with van der Waals surface area (Å²) in [7, 11) is 0. The summed E-state index contributed by atoms with van der Waals surface area (Å²) < 4.78 is 0. The van der Waals surface area contributed by atoms with Crippen LogP contribution < -0.4 is 10.2 Å². The van der Waals surface area contributed by atoms with Crippen LogP contribution in [0.1, 0.15) is 36.0 Å². The van der Waals surface area contributed by atoms with Crippen molar-refractivity contribution >= 4 is 28.3 Å². The van der Waals surface area contributed by atoms with Crippen LogP contribution in [0.25, 0.3) is 22.2 Å². The lowest BCUT2D eigenvalue weighted by molar-refractivity contribution is 0.102. The summed E-state index contributed by atoms with van der Waals surface area (Å²) in [4.78, 5) is 18.3. The first-order valence-electron chi connectivity index (χ1n) is 10.8. The highest BCUT2D eigenvalue weighted by molar-refractivity contribution is 6.12. The lowest BCUT2D eigenvalue weighted by atomic mass is 10.1. The largest absolute Gasteiger partial charge is 0.360 e. The molecule has 0 unspecified atom stereocenters. The fourth-order valence-corrected chi connectivity index (χ4v) is 4.16. The maximum absolute atomic E-state index is 12.8. The highest BCUT2D eigenvalue weighted by Gasteiger charge is 2.14. The molecule has 6 nitrogen and oxygen atoms in total. The van der Waals surface area contributed by atoms with E-state index in [9.17, 15) is 4.79 Å². The molecule has 1 aliphatic heterocycles. The predicted octanol–water partition coefficient (Wildman–Crippen LogP) is 5.26. The number of aromatic amines is 1. The second kappa shape index (κ2) is 8.60. The molecule has 1 aliphatic rings. The van der Waals surface area contributed by atoms with Gasteiger partial charge >= 0.3 is 0 Å². The van der Waals surface area contributed by atoms with Crippen molar-refractivity contribution in [3.05, 3.63) is 72.4 Å². The molecule has 0 radical (unpaired) electrons. The number of hydrogen-bond acceptors (Lipinski definition) is 4. The van der Waals surface area contributed by atoms with Crippen LogP contribution in [0.15, 0.2) is 66.9 Å². The summed E-state index contributed by atoms with van der Waals surface area (Å²) in [6, 6.07) is 19.6. The molecule has 156 valence electrons. The van der Waals surface area contributed by atoms with Gasteiger partial charge in [0, 0.05) is 41.4 Å². The SMILES string of the molecule is O=C(Nc1cccc(-c2ccc(N3CCCCCC3)nn2)c1)c1c[nH]c2ccccc12. The quantitative estimate of drug-likeness (QED) is 0.480. The van der Waals surface area contributed by atoms with Crippen molar-refractivity contribution in [2.75, 3.05) is 23.3 Å². The number of aromatic nitrogens is 3. The molecule has 1 saturated heterocycles.